The van der Waals surface area contributed by atoms with Gasteiger partial charge < -0.3 is 14.6 Å². The molecule has 108 valence electrons. The zero-order chi connectivity index (χ0) is 15.2. The van der Waals surface area contributed by atoms with Crippen molar-refractivity contribution in [2.45, 2.75) is 0 Å². The van der Waals surface area contributed by atoms with Crippen LogP contribution in [0, 0.1) is 0 Å². The summed E-state index contributed by atoms with van der Waals surface area (Å²) in [7, 11) is 1.39. The normalized spacial score (nSPS) is 9.95. The fourth-order valence-corrected chi connectivity index (χ4v) is 1.83. The minimum absolute atomic E-state index is 0.000798. The lowest BCUT2D eigenvalue weighted by Gasteiger charge is -2.09. The summed E-state index contributed by atoms with van der Waals surface area (Å²) in [4.78, 5) is 23.8. The first-order valence-corrected chi connectivity index (χ1v) is 6.25. The molecule has 0 unspecified atom stereocenters. The fraction of sp³-hybridized carbons (Fsp3) is 0.125. The highest BCUT2D eigenvalue weighted by Crippen LogP contribution is 2.27. The van der Waals surface area contributed by atoms with E-state index in [0.29, 0.717) is 5.56 Å². The summed E-state index contributed by atoms with van der Waals surface area (Å²) in [5, 5.41) is 9.73. The maximum atomic E-state index is 12.1. The van der Waals surface area contributed by atoms with Crippen LogP contribution in [0.3, 0.4) is 0 Å². The quantitative estimate of drug-likeness (QED) is 0.675. The van der Waals surface area contributed by atoms with Gasteiger partial charge in [-0.25, -0.2) is 4.79 Å². The molecule has 5 heteroatoms. The molecule has 0 aliphatic rings. The first-order valence-electron chi connectivity index (χ1n) is 6.25. The average Bonchev–Trinajstić information content (AvgIpc) is 2.52. The predicted molar refractivity (Wildman–Crippen MR) is 75.7 cm³/mol. The monoisotopic (exact) mass is 286 g/mol. The fourth-order valence-electron chi connectivity index (χ4n) is 1.83. The van der Waals surface area contributed by atoms with Gasteiger partial charge in [-0.05, 0) is 24.3 Å². The molecule has 0 spiro atoms. The lowest BCUT2D eigenvalue weighted by Crippen LogP contribution is -2.15. The van der Waals surface area contributed by atoms with Crippen LogP contribution in [0.1, 0.15) is 20.7 Å². The number of ketones is 1. The molecule has 0 saturated carbocycles. The van der Waals surface area contributed by atoms with E-state index in [2.05, 4.69) is 0 Å². The van der Waals surface area contributed by atoms with Gasteiger partial charge in [-0.2, -0.15) is 0 Å². The number of carbonyl (C=O) groups is 2. The predicted octanol–water partition coefficient (Wildman–Crippen LogP) is 2.44. The Morgan fingerprint density at radius 1 is 1.05 bits per heavy atom. The Labute approximate surface area is 121 Å². The Kier molecular flexibility index (Phi) is 4.56. The molecular weight excluding hydrogens is 272 g/mol. The van der Waals surface area contributed by atoms with Crippen molar-refractivity contribution in [3.8, 4) is 11.5 Å². The Morgan fingerprint density at radius 2 is 1.76 bits per heavy atom. The van der Waals surface area contributed by atoms with Crippen molar-refractivity contribution in [3.63, 3.8) is 0 Å². The third-order valence-corrected chi connectivity index (χ3v) is 2.85. The van der Waals surface area contributed by atoms with Gasteiger partial charge in [-0.15, -0.1) is 0 Å². The molecule has 0 fully saturated rings. The van der Waals surface area contributed by atoms with Crippen LogP contribution in [0.25, 0.3) is 0 Å². The summed E-state index contributed by atoms with van der Waals surface area (Å²) >= 11 is 0. The van der Waals surface area contributed by atoms with E-state index < -0.39 is 18.4 Å². The molecule has 0 bridgehead atoms. The lowest BCUT2D eigenvalue weighted by molar-refractivity contribution is 0.0473. The van der Waals surface area contributed by atoms with Crippen molar-refractivity contribution >= 4 is 11.8 Å². The van der Waals surface area contributed by atoms with Gasteiger partial charge in [-0.1, -0.05) is 24.3 Å². The van der Waals surface area contributed by atoms with Crippen LogP contribution in [0.2, 0.25) is 0 Å². The number of benzene rings is 2. The van der Waals surface area contributed by atoms with Gasteiger partial charge in [0.1, 0.15) is 17.1 Å². The SMILES string of the molecule is COc1cccc(O)c1C(=O)COC(=O)c1ccccc1. The second-order valence-corrected chi connectivity index (χ2v) is 4.22. The number of phenols is 1. The number of methoxy groups -OCH3 is 1. The number of hydrogen-bond donors (Lipinski definition) is 1. The Balaban J connectivity index is 2.08. The number of carbonyl (C=O) groups excluding carboxylic acids is 2. The molecule has 2 aromatic carbocycles. The molecule has 0 atom stereocenters. The van der Waals surface area contributed by atoms with E-state index in [9.17, 15) is 14.7 Å². The van der Waals surface area contributed by atoms with Gasteiger partial charge in [0.15, 0.2) is 6.61 Å². The molecule has 0 aromatic heterocycles. The zero-order valence-corrected chi connectivity index (χ0v) is 11.4. The summed E-state index contributed by atoms with van der Waals surface area (Å²) in [6, 6.07) is 12.8. The van der Waals surface area contributed by atoms with Gasteiger partial charge in [0.25, 0.3) is 0 Å². The third-order valence-electron chi connectivity index (χ3n) is 2.85. The minimum Gasteiger partial charge on any atom is -0.507 e. The molecule has 1 N–H and O–H groups in total. The highest BCUT2D eigenvalue weighted by Gasteiger charge is 2.19. The summed E-state index contributed by atoms with van der Waals surface area (Å²) in [5.41, 5.74) is 0.357. The second kappa shape index (κ2) is 6.56. The van der Waals surface area contributed by atoms with Gasteiger partial charge in [-0.3, -0.25) is 4.79 Å². The number of Topliss-reactive ketones (excluding diaryl/α,β-unsaturated/α-hetero) is 1. The van der Waals surface area contributed by atoms with Gasteiger partial charge in [0, 0.05) is 0 Å². The first kappa shape index (κ1) is 14.6. The molecule has 0 radical (unpaired) electrons. The molecule has 21 heavy (non-hydrogen) atoms. The van der Waals surface area contributed by atoms with Gasteiger partial charge in [0.2, 0.25) is 5.78 Å². The maximum absolute atomic E-state index is 12.1. The van der Waals surface area contributed by atoms with Gasteiger partial charge >= 0.3 is 5.97 Å². The number of ether oxygens (including phenoxy) is 2. The van der Waals surface area contributed by atoms with E-state index >= 15 is 0 Å². The van der Waals surface area contributed by atoms with Crippen LogP contribution in [-0.2, 0) is 4.74 Å². The number of esters is 1. The molecule has 0 aliphatic carbocycles. The van der Waals surface area contributed by atoms with Crippen molar-refractivity contribution in [3.05, 3.63) is 59.7 Å². The summed E-state index contributed by atoms with van der Waals surface area (Å²) in [6.07, 6.45) is 0. The van der Waals surface area contributed by atoms with Crippen molar-refractivity contribution in [2.75, 3.05) is 13.7 Å². The second-order valence-electron chi connectivity index (χ2n) is 4.22. The number of phenolic OH excluding ortho intramolecular Hbond substituents is 1. The summed E-state index contributed by atoms with van der Waals surface area (Å²) in [5.74, 6) is -1.11. The number of hydrogen-bond acceptors (Lipinski definition) is 5. The van der Waals surface area contributed by atoms with Crippen molar-refractivity contribution in [1.82, 2.24) is 0 Å². The molecule has 0 saturated heterocycles. The number of rotatable bonds is 5. The van der Waals surface area contributed by atoms with E-state index in [1.807, 2.05) is 0 Å². The molecule has 0 heterocycles. The van der Waals surface area contributed by atoms with Crippen LogP contribution >= 0.6 is 0 Å². The summed E-state index contributed by atoms with van der Waals surface area (Å²) < 4.78 is 9.96. The van der Waals surface area contributed by atoms with Crippen LogP contribution in [0.15, 0.2) is 48.5 Å². The maximum Gasteiger partial charge on any atom is 0.338 e. The largest absolute Gasteiger partial charge is 0.507 e. The lowest BCUT2D eigenvalue weighted by atomic mass is 10.1. The highest BCUT2D eigenvalue weighted by atomic mass is 16.5. The van der Waals surface area contributed by atoms with Crippen molar-refractivity contribution in [2.24, 2.45) is 0 Å². The topological polar surface area (TPSA) is 72.8 Å². The van der Waals surface area contributed by atoms with E-state index in [1.165, 1.54) is 13.2 Å². The van der Waals surface area contributed by atoms with Crippen molar-refractivity contribution < 1.29 is 24.2 Å². The van der Waals surface area contributed by atoms with E-state index in [1.54, 1.807) is 42.5 Å². The standard InChI is InChI=1S/C16H14O5/c1-20-14-9-5-8-12(17)15(14)13(18)10-21-16(19)11-6-3-2-4-7-11/h2-9,17H,10H2,1H3. The Bertz CT molecular complexity index is 649. The number of aromatic hydroxyl groups is 1. The zero-order valence-electron chi connectivity index (χ0n) is 11.4. The minimum atomic E-state index is -0.599. The molecular formula is C16H14O5. The van der Waals surface area contributed by atoms with Crippen LogP contribution in [0.5, 0.6) is 11.5 Å². The Morgan fingerprint density at radius 3 is 2.43 bits per heavy atom. The third kappa shape index (κ3) is 3.39. The van der Waals surface area contributed by atoms with Crippen LogP contribution in [0.4, 0.5) is 0 Å². The molecule has 0 amide bonds. The van der Waals surface area contributed by atoms with Crippen LogP contribution in [-0.4, -0.2) is 30.6 Å². The van der Waals surface area contributed by atoms with Crippen molar-refractivity contribution in [1.29, 1.82) is 0 Å². The first-order chi connectivity index (χ1) is 10.1. The van der Waals surface area contributed by atoms with Gasteiger partial charge in [0.05, 0.1) is 12.7 Å². The van der Waals surface area contributed by atoms with Crippen LogP contribution < -0.4 is 4.74 Å². The Hall–Kier alpha value is -2.82. The van der Waals surface area contributed by atoms with E-state index in [-0.39, 0.29) is 17.1 Å². The molecule has 2 aromatic rings. The molecule has 5 nitrogen and oxygen atoms in total. The van der Waals surface area contributed by atoms with E-state index in [0.717, 1.165) is 0 Å². The van der Waals surface area contributed by atoms with E-state index in [4.69, 9.17) is 9.47 Å². The summed E-state index contributed by atoms with van der Waals surface area (Å²) in [6.45, 7) is -0.471. The average molecular weight is 286 g/mol. The highest BCUT2D eigenvalue weighted by molar-refractivity contribution is 6.03. The molecule has 2 rings (SSSR count). The molecule has 0 aliphatic heterocycles. The smallest absolute Gasteiger partial charge is 0.338 e.